The zero-order valence-corrected chi connectivity index (χ0v) is 19.6. The summed E-state index contributed by atoms with van der Waals surface area (Å²) >= 11 is 0. The molecule has 0 aliphatic carbocycles. The first-order valence-corrected chi connectivity index (χ1v) is 10.9. The summed E-state index contributed by atoms with van der Waals surface area (Å²) < 4.78 is 23.8. The molecule has 0 saturated carbocycles. The molecule has 8 nitrogen and oxygen atoms in total. The number of hydrogen-bond acceptors (Lipinski definition) is 6. The van der Waals surface area contributed by atoms with Gasteiger partial charge in [-0.15, -0.1) is 0 Å². The molecule has 1 amide bonds. The number of anilines is 1. The van der Waals surface area contributed by atoms with E-state index in [2.05, 4.69) is 15.3 Å². The number of halogens is 1. The van der Waals surface area contributed by atoms with Crippen molar-refractivity contribution in [3.63, 3.8) is 0 Å². The molecule has 1 heterocycles. The van der Waals surface area contributed by atoms with Gasteiger partial charge in [-0.05, 0) is 24.3 Å². The molecule has 0 fully saturated rings. The smallest absolute Gasteiger partial charge is 0.291 e. The number of hydrogen-bond donors (Lipinski definition) is 3. The Balaban J connectivity index is 0.00000167. The van der Waals surface area contributed by atoms with E-state index in [0.717, 1.165) is 17.2 Å². The van der Waals surface area contributed by atoms with Gasteiger partial charge >= 0.3 is 0 Å². The zero-order valence-electron chi connectivity index (χ0n) is 19.6. The molecule has 1 aliphatic rings. The summed E-state index contributed by atoms with van der Waals surface area (Å²) in [7, 11) is 1.31. The molecule has 4 rings (SSSR count). The van der Waals surface area contributed by atoms with Crippen molar-refractivity contribution in [2.75, 3.05) is 12.4 Å². The van der Waals surface area contributed by atoms with Gasteiger partial charge in [-0.1, -0.05) is 62.4 Å². The quantitative estimate of drug-likeness (QED) is 0.384. The van der Waals surface area contributed by atoms with Crippen LogP contribution in [0.15, 0.2) is 82.8 Å². The Bertz CT molecular complexity index is 1270. The second-order valence-corrected chi connectivity index (χ2v) is 7.00. The Morgan fingerprint density at radius 1 is 1.09 bits per heavy atom. The first kappa shape index (κ1) is 25.1. The van der Waals surface area contributed by atoms with Gasteiger partial charge in [-0.25, -0.2) is 9.38 Å². The number of para-hydroxylation sites is 1. The molecule has 9 heteroatoms. The molecule has 3 aromatic carbocycles. The molecular formula is C26H26FN5O3. The van der Waals surface area contributed by atoms with Crippen molar-refractivity contribution in [1.82, 2.24) is 0 Å². The third kappa shape index (κ3) is 5.89. The molecule has 0 bridgehead atoms. The van der Waals surface area contributed by atoms with Crippen LogP contribution in [0, 0.1) is 11.2 Å². The van der Waals surface area contributed by atoms with Crippen molar-refractivity contribution in [2.24, 2.45) is 15.7 Å². The molecule has 0 radical (unpaired) electrons. The maximum Gasteiger partial charge on any atom is 0.291 e. The van der Waals surface area contributed by atoms with Gasteiger partial charge < -0.3 is 20.5 Å². The lowest BCUT2D eigenvalue weighted by Gasteiger charge is -2.10. The van der Waals surface area contributed by atoms with E-state index in [1.807, 2.05) is 56.3 Å². The summed E-state index contributed by atoms with van der Waals surface area (Å²) in [5.74, 6) is -1.52. The maximum atomic E-state index is 13.6. The van der Waals surface area contributed by atoms with Gasteiger partial charge in [0.1, 0.15) is 0 Å². The Labute approximate surface area is 202 Å². The predicted octanol–water partition coefficient (Wildman–Crippen LogP) is 4.33. The van der Waals surface area contributed by atoms with E-state index < -0.39 is 23.9 Å². The number of carbonyl (C=O) groups is 1. The summed E-state index contributed by atoms with van der Waals surface area (Å²) in [6.07, 6.45) is -1.25. The lowest BCUT2D eigenvalue weighted by atomic mass is 10.0. The summed E-state index contributed by atoms with van der Waals surface area (Å²) in [6.45, 7) is 4.00. The van der Waals surface area contributed by atoms with Crippen LogP contribution in [0.5, 0.6) is 5.75 Å². The molecule has 4 N–H and O–H groups in total. The summed E-state index contributed by atoms with van der Waals surface area (Å²) in [6, 6.07) is 20.0. The monoisotopic (exact) mass is 475 g/mol. The summed E-state index contributed by atoms with van der Waals surface area (Å²) in [5, 5.41) is 10.9. The second-order valence-electron chi connectivity index (χ2n) is 7.00. The molecule has 0 spiro atoms. The van der Waals surface area contributed by atoms with Crippen molar-refractivity contribution < 1.29 is 18.7 Å². The van der Waals surface area contributed by atoms with Crippen LogP contribution in [0.25, 0.3) is 0 Å². The SMILES string of the molecule is CC.COc1cc(C(=N)O/C(N)=N/C2N=C(c3ccccc3)c3ccccc3NC2=O)ccc1F. The molecule has 1 atom stereocenters. The highest BCUT2D eigenvalue weighted by atomic mass is 19.1. The lowest BCUT2D eigenvalue weighted by molar-refractivity contribution is -0.117. The first-order chi connectivity index (χ1) is 17.0. The molecule has 3 aromatic rings. The molecule has 0 saturated heterocycles. The van der Waals surface area contributed by atoms with Gasteiger partial charge in [0.15, 0.2) is 11.6 Å². The minimum absolute atomic E-state index is 0.0469. The van der Waals surface area contributed by atoms with Crippen molar-refractivity contribution in [3.05, 3.63) is 95.3 Å². The van der Waals surface area contributed by atoms with Gasteiger partial charge in [-0.3, -0.25) is 10.2 Å². The Morgan fingerprint density at radius 3 is 2.49 bits per heavy atom. The number of benzene rings is 3. The van der Waals surface area contributed by atoms with Crippen molar-refractivity contribution >= 4 is 29.2 Å². The van der Waals surface area contributed by atoms with Crippen molar-refractivity contribution in [2.45, 2.75) is 20.0 Å². The summed E-state index contributed by atoms with van der Waals surface area (Å²) in [4.78, 5) is 21.4. The number of rotatable bonds is 4. The minimum atomic E-state index is -1.25. The highest BCUT2D eigenvalue weighted by molar-refractivity contribution is 6.19. The molecule has 1 aliphatic heterocycles. The number of aliphatic imine (C=N–C) groups is 2. The summed E-state index contributed by atoms with van der Waals surface area (Å²) in [5.41, 5.74) is 8.78. The highest BCUT2D eigenvalue weighted by Gasteiger charge is 2.26. The van der Waals surface area contributed by atoms with Gasteiger partial charge in [0.25, 0.3) is 11.9 Å². The molecule has 180 valence electrons. The highest BCUT2D eigenvalue weighted by Crippen LogP contribution is 2.24. The van der Waals surface area contributed by atoms with Crippen LogP contribution in [0.1, 0.15) is 30.5 Å². The van der Waals surface area contributed by atoms with E-state index >= 15 is 0 Å². The van der Waals surface area contributed by atoms with Crippen LogP contribution in [-0.2, 0) is 9.53 Å². The minimum Gasteiger partial charge on any atom is -0.494 e. The molecule has 35 heavy (non-hydrogen) atoms. The molecule has 1 unspecified atom stereocenters. The van der Waals surface area contributed by atoms with Crippen LogP contribution in [0.2, 0.25) is 0 Å². The first-order valence-electron chi connectivity index (χ1n) is 10.9. The fraction of sp³-hybridized carbons (Fsp3) is 0.154. The number of nitrogens with two attached hydrogens (primary N) is 1. The number of amides is 1. The average Bonchev–Trinajstić information content (AvgIpc) is 3.02. The predicted molar refractivity (Wildman–Crippen MR) is 135 cm³/mol. The van der Waals surface area contributed by atoms with Crippen LogP contribution in [-0.4, -0.2) is 36.8 Å². The molecular weight excluding hydrogens is 449 g/mol. The second kappa shape index (κ2) is 11.6. The third-order valence-electron chi connectivity index (χ3n) is 4.84. The number of nitrogens with one attached hydrogen (secondary N) is 2. The van der Waals surface area contributed by atoms with Gasteiger partial charge in [0.2, 0.25) is 12.1 Å². The van der Waals surface area contributed by atoms with Crippen LogP contribution >= 0.6 is 0 Å². The van der Waals surface area contributed by atoms with Crippen LogP contribution in [0.4, 0.5) is 10.1 Å². The zero-order chi connectivity index (χ0) is 25.4. The number of ether oxygens (including phenoxy) is 2. The Kier molecular flexibility index (Phi) is 8.29. The number of fused-ring (bicyclic) bond motifs is 1. The number of nitrogens with zero attached hydrogens (tertiary/aromatic N) is 2. The van der Waals surface area contributed by atoms with Crippen molar-refractivity contribution in [3.8, 4) is 5.75 Å². The number of carbonyl (C=O) groups excluding carboxylic acids is 1. The van der Waals surface area contributed by atoms with Crippen LogP contribution in [0.3, 0.4) is 0 Å². The standard InChI is InChI=1S/C24H20FN5O3.C2H6/c1-32-19-13-15(11-12-17(19)25)21(26)33-24(27)30-22-23(31)28-18-10-6-5-9-16(18)20(29-22)14-7-3-2-4-8-14;1-2/h2-13,22,26H,1H3,(H2,27,30)(H,28,31);1-2H3. The average molecular weight is 476 g/mol. The molecule has 0 aromatic heterocycles. The van der Waals surface area contributed by atoms with E-state index in [9.17, 15) is 9.18 Å². The van der Waals surface area contributed by atoms with Gasteiger partial charge in [-0.2, -0.15) is 4.99 Å². The largest absolute Gasteiger partial charge is 0.494 e. The fourth-order valence-electron chi connectivity index (χ4n) is 3.27. The van der Waals surface area contributed by atoms with Gasteiger partial charge in [0, 0.05) is 16.7 Å². The van der Waals surface area contributed by atoms with Crippen LogP contribution < -0.4 is 15.8 Å². The third-order valence-corrected chi connectivity index (χ3v) is 4.84. The van der Waals surface area contributed by atoms with Gasteiger partial charge in [0.05, 0.1) is 18.5 Å². The number of amidine groups is 1. The normalized spacial score (nSPS) is 14.9. The van der Waals surface area contributed by atoms with E-state index in [1.165, 1.54) is 19.2 Å². The Morgan fingerprint density at radius 2 is 1.77 bits per heavy atom. The maximum absolute atomic E-state index is 13.6. The lowest BCUT2D eigenvalue weighted by Crippen LogP contribution is -2.29. The van der Waals surface area contributed by atoms with Crippen molar-refractivity contribution in [1.29, 1.82) is 5.41 Å². The topological polar surface area (TPSA) is 122 Å². The number of methoxy groups -OCH3 is 1. The van der Waals surface area contributed by atoms with E-state index in [4.69, 9.17) is 20.6 Å². The van der Waals surface area contributed by atoms with E-state index in [0.29, 0.717) is 11.4 Å². The van der Waals surface area contributed by atoms with E-state index in [-0.39, 0.29) is 17.2 Å². The van der Waals surface area contributed by atoms with E-state index in [1.54, 1.807) is 12.1 Å². The fourth-order valence-corrected chi connectivity index (χ4v) is 3.27. The number of benzodiazepines with no additional fused rings is 1. The Hall–Kier alpha value is -4.53.